The molecule has 0 saturated carbocycles. The van der Waals surface area contributed by atoms with Crippen molar-refractivity contribution in [1.29, 1.82) is 0 Å². The van der Waals surface area contributed by atoms with Gasteiger partial charge in [-0.25, -0.2) is 0 Å². The third kappa shape index (κ3) is 4.15. The Labute approximate surface area is 147 Å². The number of ether oxygens (including phenoxy) is 1. The number of para-hydroxylation sites is 1. The molecule has 1 aromatic heterocycles. The quantitative estimate of drug-likeness (QED) is 0.735. The minimum Gasteiger partial charge on any atom is -0.493 e. The Morgan fingerprint density at radius 1 is 1.08 bits per heavy atom. The molecule has 0 aliphatic heterocycles. The first-order valence-electron chi connectivity index (χ1n) is 8.48. The first-order valence-corrected chi connectivity index (χ1v) is 8.48. The molecular formula is C21H22N2O2. The molecule has 0 radical (unpaired) electrons. The van der Waals surface area contributed by atoms with Gasteiger partial charge < -0.3 is 10.1 Å². The molecule has 25 heavy (non-hydrogen) atoms. The van der Waals surface area contributed by atoms with Crippen molar-refractivity contribution in [3.05, 3.63) is 72.1 Å². The fraction of sp³-hybridized carbons (Fsp3) is 0.238. The summed E-state index contributed by atoms with van der Waals surface area (Å²) in [4.78, 5) is 16.9. The van der Waals surface area contributed by atoms with Crippen molar-refractivity contribution in [2.45, 2.75) is 20.4 Å². The fourth-order valence-corrected chi connectivity index (χ4v) is 2.61. The molecule has 2 aromatic carbocycles. The molecule has 0 aliphatic carbocycles. The predicted molar refractivity (Wildman–Crippen MR) is 99.7 cm³/mol. The van der Waals surface area contributed by atoms with Gasteiger partial charge in [-0.15, -0.1) is 0 Å². The zero-order valence-corrected chi connectivity index (χ0v) is 14.5. The van der Waals surface area contributed by atoms with Gasteiger partial charge in [-0.05, 0) is 23.4 Å². The number of carbonyl (C=O) groups is 1. The van der Waals surface area contributed by atoms with Gasteiger partial charge in [-0.3, -0.25) is 9.78 Å². The summed E-state index contributed by atoms with van der Waals surface area (Å²) >= 11 is 0. The zero-order chi connectivity index (χ0) is 17.6. The summed E-state index contributed by atoms with van der Waals surface area (Å²) in [5.74, 6) is 1.07. The van der Waals surface area contributed by atoms with Crippen molar-refractivity contribution in [2.24, 2.45) is 5.92 Å². The molecule has 128 valence electrons. The molecule has 3 rings (SSSR count). The maximum Gasteiger partial charge on any atom is 0.270 e. The number of nitrogens with one attached hydrogen (secondary N) is 1. The van der Waals surface area contributed by atoms with E-state index in [-0.39, 0.29) is 5.91 Å². The van der Waals surface area contributed by atoms with E-state index in [4.69, 9.17) is 4.74 Å². The van der Waals surface area contributed by atoms with E-state index in [2.05, 4.69) is 24.1 Å². The maximum atomic E-state index is 12.6. The molecule has 4 nitrogen and oxygen atoms in total. The molecule has 1 amide bonds. The van der Waals surface area contributed by atoms with E-state index in [1.807, 2.05) is 54.6 Å². The molecule has 0 spiro atoms. The molecular weight excluding hydrogens is 312 g/mol. The van der Waals surface area contributed by atoms with Crippen molar-refractivity contribution in [3.8, 4) is 5.75 Å². The Bertz CT molecular complexity index is 869. The van der Waals surface area contributed by atoms with E-state index >= 15 is 0 Å². The van der Waals surface area contributed by atoms with Crippen molar-refractivity contribution in [1.82, 2.24) is 10.3 Å². The number of hydrogen-bond donors (Lipinski definition) is 1. The molecule has 0 unspecified atom stereocenters. The van der Waals surface area contributed by atoms with E-state index in [1.165, 1.54) is 0 Å². The van der Waals surface area contributed by atoms with E-state index in [1.54, 1.807) is 6.20 Å². The van der Waals surface area contributed by atoms with Gasteiger partial charge in [-0.2, -0.15) is 0 Å². The highest BCUT2D eigenvalue weighted by Crippen LogP contribution is 2.20. The SMILES string of the molecule is CC(C)COc1ccccc1CNC(=O)c1nccc2ccccc12. The van der Waals surface area contributed by atoms with Gasteiger partial charge in [0.2, 0.25) is 0 Å². The molecule has 0 saturated heterocycles. The first-order chi connectivity index (χ1) is 12.1. The average molecular weight is 334 g/mol. The van der Waals surface area contributed by atoms with Gasteiger partial charge >= 0.3 is 0 Å². The molecule has 1 N–H and O–H groups in total. The smallest absolute Gasteiger partial charge is 0.270 e. The normalized spacial score (nSPS) is 10.8. The van der Waals surface area contributed by atoms with Crippen LogP contribution < -0.4 is 10.1 Å². The van der Waals surface area contributed by atoms with Crippen molar-refractivity contribution < 1.29 is 9.53 Å². The van der Waals surface area contributed by atoms with Crippen LogP contribution in [0.1, 0.15) is 29.9 Å². The van der Waals surface area contributed by atoms with Gasteiger partial charge in [-0.1, -0.05) is 56.3 Å². The number of rotatable bonds is 6. The Morgan fingerprint density at radius 3 is 2.68 bits per heavy atom. The Morgan fingerprint density at radius 2 is 1.84 bits per heavy atom. The standard InChI is InChI=1S/C21H22N2O2/c1-15(2)14-25-19-10-6-4-8-17(19)13-23-21(24)20-18-9-5-3-7-16(18)11-12-22-20/h3-12,15H,13-14H2,1-2H3,(H,23,24). The summed E-state index contributed by atoms with van der Waals surface area (Å²) in [5, 5.41) is 4.81. The number of hydrogen-bond acceptors (Lipinski definition) is 3. The Kier molecular flexibility index (Phi) is 5.29. The lowest BCUT2D eigenvalue weighted by atomic mass is 10.1. The summed E-state index contributed by atoms with van der Waals surface area (Å²) in [5.41, 5.74) is 1.40. The second kappa shape index (κ2) is 7.79. The highest BCUT2D eigenvalue weighted by Gasteiger charge is 2.12. The van der Waals surface area contributed by atoms with Crippen LogP contribution in [0.3, 0.4) is 0 Å². The predicted octanol–water partition coefficient (Wildman–Crippen LogP) is 4.20. The monoisotopic (exact) mass is 334 g/mol. The molecule has 0 fully saturated rings. The summed E-state index contributed by atoms with van der Waals surface area (Å²) in [6.07, 6.45) is 1.66. The van der Waals surface area contributed by atoms with Crippen LogP contribution in [0.25, 0.3) is 10.8 Å². The minimum atomic E-state index is -0.185. The Balaban J connectivity index is 1.74. The minimum absolute atomic E-state index is 0.185. The summed E-state index contributed by atoms with van der Waals surface area (Å²) < 4.78 is 5.84. The van der Waals surface area contributed by atoms with Gasteiger partial charge in [0, 0.05) is 23.7 Å². The molecule has 0 aliphatic rings. The van der Waals surface area contributed by atoms with E-state index in [0.29, 0.717) is 24.8 Å². The summed E-state index contributed by atoms with van der Waals surface area (Å²) in [7, 11) is 0. The largest absolute Gasteiger partial charge is 0.493 e. The van der Waals surface area contributed by atoms with Crippen LogP contribution in [0.5, 0.6) is 5.75 Å². The second-order valence-electron chi connectivity index (χ2n) is 6.38. The number of fused-ring (bicyclic) bond motifs is 1. The van der Waals surface area contributed by atoms with Crippen molar-refractivity contribution >= 4 is 16.7 Å². The molecule has 0 atom stereocenters. The van der Waals surface area contributed by atoms with Crippen LogP contribution in [-0.4, -0.2) is 17.5 Å². The van der Waals surface area contributed by atoms with Crippen LogP contribution in [0.15, 0.2) is 60.8 Å². The lowest BCUT2D eigenvalue weighted by molar-refractivity contribution is 0.0947. The maximum absolute atomic E-state index is 12.6. The highest BCUT2D eigenvalue weighted by atomic mass is 16.5. The van der Waals surface area contributed by atoms with Crippen LogP contribution in [0, 0.1) is 5.92 Å². The van der Waals surface area contributed by atoms with Crippen molar-refractivity contribution in [3.63, 3.8) is 0 Å². The fourth-order valence-electron chi connectivity index (χ4n) is 2.61. The average Bonchev–Trinajstić information content (AvgIpc) is 2.64. The van der Waals surface area contributed by atoms with Crippen LogP contribution in [-0.2, 0) is 6.54 Å². The zero-order valence-electron chi connectivity index (χ0n) is 14.5. The third-order valence-corrected chi connectivity index (χ3v) is 3.87. The van der Waals surface area contributed by atoms with E-state index in [9.17, 15) is 4.79 Å². The van der Waals surface area contributed by atoms with Gasteiger partial charge in [0.25, 0.3) is 5.91 Å². The lowest BCUT2D eigenvalue weighted by Crippen LogP contribution is -2.24. The molecule has 0 bridgehead atoms. The molecule has 1 heterocycles. The summed E-state index contributed by atoms with van der Waals surface area (Å²) in [6, 6.07) is 17.4. The first kappa shape index (κ1) is 17.0. The number of aromatic nitrogens is 1. The third-order valence-electron chi connectivity index (χ3n) is 3.87. The van der Waals surface area contributed by atoms with Crippen LogP contribution in [0.4, 0.5) is 0 Å². The van der Waals surface area contributed by atoms with E-state index in [0.717, 1.165) is 22.1 Å². The summed E-state index contributed by atoms with van der Waals surface area (Å²) in [6.45, 7) is 5.26. The second-order valence-corrected chi connectivity index (χ2v) is 6.38. The van der Waals surface area contributed by atoms with Crippen LogP contribution >= 0.6 is 0 Å². The van der Waals surface area contributed by atoms with Gasteiger partial charge in [0.15, 0.2) is 0 Å². The number of carbonyl (C=O) groups excluding carboxylic acids is 1. The van der Waals surface area contributed by atoms with E-state index < -0.39 is 0 Å². The lowest BCUT2D eigenvalue weighted by Gasteiger charge is -2.14. The highest BCUT2D eigenvalue weighted by molar-refractivity contribution is 6.05. The topological polar surface area (TPSA) is 51.2 Å². The molecule has 3 aromatic rings. The van der Waals surface area contributed by atoms with Crippen molar-refractivity contribution in [2.75, 3.05) is 6.61 Å². The Hall–Kier alpha value is -2.88. The van der Waals surface area contributed by atoms with Crippen LogP contribution in [0.2, 0.25) is 0 Å². The number of pyridine rings is 1. The van der Waals surface area contributed by atoms with Gasteiger partial charge in [0.05, 0.1) is 6.61 Å². The van der Waals surface area contributed by atoms with Gasteiger partial charge in [0.1, 0.15) is 11.4 Å². The number of benzene rings is 2. The number of nitrogens with zero attached hydrogens (tertiary/aromatic N) is 1. The molecule has 4 heteroatoms. The number of amides is 1.